The van der Waals surface area contributed by atoms with Crippen molar-refractivity contribution in [2.45, 2.75) is 11.8 Å². The van der Waals surface area contributed by atoms with Crippen molar-refractivity contribution in [1.82, 2.24) is 0 Å². The van der Waals surface area contributed by atoms with E-state index in [0.29, 0.717) is 5.75 Å². The van der Waals surface area contributed by atoms with Crippen LogP contribution < -0.4 is 4.74 Å². The highest BCUT2D eigenvalue weighted by Gasteiger charge is 2.20. The number of benzene rings is 3. The zero-order valence-electron chi connectivity index (χ0n) is 14.7. The number of hydrogen-bond donors (Lipinski definition) is 0. The molecule has 0 amide bonds. The zero-order chi connectivity index (χ0) is 19.6. The predicted molar refractivity (Wildman–Crippen MR) is 103 cm³/mol. The van der Waals surface area contributed by atoms with Gasteiger partial charge in [0.2, 0.25) is 5.75 Å². The lowest BCUT2D eigenvalue weighted by Crippen LogP contribution is -2.00. The Kier molecular flexibility index (Phi) is 4.96. The molecule has 0 atom stereocenters. The molecule has 27 heavy (non-hydrogen) atoms. The molecular weight excluding hydrogens is 366 g/mol. The predicted octanol–water partition coefficient (Wildman–Crippen LogP) is 4.77. The standard InChI is InChI=1S/C20H17NO5S/c1-14-3-5-15(6-4-14)16-7-9-17(10-8-16)26-20-12-11-18(27(2,24)25)13-19(20)21(22)23/h3-13H,1-2H3. The van der Waals surface area contributed by atoms with E-state index in [-0.39, 0.29) is 10.6 Å². The van der Waals surface area contributed by atoms with Gasteiger partial charge in [0.25, 0.3) is 0 Å². The van der Waals surface area contributed by atoms with E-state index in [1.165, 1.54) is 17.7 Å². The van der Waals surface area contributed by atoms with Crippen molar-refractivity contribution < 1.29 is 18.1 Å². The molecule has 7 heteroatoms. The highest BCUT2D eigenvalue weighted by molar-refractivity contribution is 7.90. The van der Waals surface area contributed by atoms with Gasteiger partial charge >= 0.3 is 5.69 Å². The van der Waals surface area contributed by atoms with E-state index >= 15 is 0 Å². The third kappa shape index (κ3) is 4.32. The van der Waals surface area contributed by atoms with Gasteiger partial charge in [-0.1, -0.05) is 42.0 Å². The highest BCUT2D eigenvalue weighted by atomic mass is 32.2. The van der Waals surface area contributed by atoms with Crippen molar-refractivity contribution in [3.63, 3.8) is 0 Å². The van der Waals surface area contributed by atoms with E-state index in [4.69, 9.17) is 4.74 Å². The first-order valence-electron chi connectivity index (χ1n) is 8.07. The summed E-state index contributed by atoms with van der Waals surface area (Å²) < 4.78 is 28.8. The minimum Gasteiger partial charge on any atom is -0.450 e. The number of aryl methyl sites for hydroxylation is 1. The Hall–Kier alpha value is -3.19. The topological polar surface area (TPSA) is 86.5 Å². The van der Waals surface area contributed by atoms with Crippen LogP contribution in [0.1, 0.15) is 5.56 Å². The van der Waals surface area contributed by atoms with E-state index in [1.807, 2.05) is 43.3 Å². The molecule has 3 rings (SSSR count). The maximum absolute atomic E-state index is 11.6. The van der Waals surface area contributed by atoms with Crippen LogP contribution in [0.15, 0.2) is 71.6 Å². The van der Waals surface area contributed by atoms with Gasteiger partial charge in [-0.3, -0.25) is 10.1 Å². The van der Waals surface area contributed by atoms with E-state index in [1.54, 1.807) is 12.1 Å². The number of nitro benzene ring substituents is 1. The van der Waals surface area contributed by atoms with E-state index in [0.717, 1.165) is 23.4 Å². The molecule has 6 nitrogen and oxygen atoms in total. The number of ether oxygens (including phenoxy) is 1. The van der Waals surface area contributed by atoms with E-state index in [9.17, 15) is 18.5 Å². The average Bonchev–Trinajstić information content (AvgIpc) is 2.62. The van der Waals surface area contributed by atoms with Gasteiger partial charge in [0, 0.05) is 12.3 Å². The summed E-state index contributed by atoms with van der Waals surface area (Å²) in [5, 5.41) is 11.3. The van der Waals surface area contributed by atoms with E-state index < -0.39 is 20.4 Å². The number of rotatable bonds is 5. The molecule has 3 aromatic rings. The van der Waals surface area contributed by atoms with Crippen molar-refractivity contribution >= 4 is 15.5 Å². The summed E-state index contributed by atoms with van der Waals surface area (Å²) in [4.78, 5) is 10.5. The van der Waals surface area contributed by atoms with Crippen LogP contribution >= 0.6 is 0 Å². The van der Waals surface area contributed by atoms with Gasteiger partial charge in [-0.25, -0.2) is 8.42 Å². The lowest BCUT2D eigenvalue weighted by molar-refractivity contribution is -0.385. The molecule has 0 aliphatic heterocycles. The second kappa shape index (κ2) is 7.20. The fraction of sp³-hybridized carbons (Fsp3) is 0.100. The van der Waals surface area contributed by atoms with Crippen LogP contribution in [0.5, 0.6) is 11.5 Å². The summed E-state index contributed by atoms with van der Waals surface area (Å²) in [7, 11) is -3.55. The zero-order valence-corrected chi connectivity index (χ0v) is 15.6. The maximum atomic E-state index is 11.6. The number of nitrogens with zero attached hydrogens (tertiary/aromatic N) is 1. The van der Waals surface area contributed by atoms with Gasteiger partial charge in [0.05, 0.1) is 9.82 Å². The fourth-order valence-corrected chi connectivity index (χ4v) is 3.19. The Morgan fingerprint density at radius 3 is 1.96 bits per heavy atom. The molecule has 0 spiro atoms. The normalized spacial score (nSPS) is 11.2. The first kappa shape index (κ1) is 18.6. The Morgan fingerprint density at radius 2 is 1.44 bits per heavy atom. The van der Waals surface area contributed by atoms with Gasteiger partial charge in [0.1, 0.15) is 5.75 Å². The SMILES string of the molecule is Cc1ccc(-c2ccc(Oc3ccc(S(C)(=O)=O)cc3[N+](=O)[O-])cc2)cc1. The van der Waals surface area contributed by atoms with Gasteiger partial charge in [-0.15, -0.1) is 0 Å². The van der Waals surface area contributed by atoms with Crippen LogP contribution in [0.3, 0.4) is 0 Å². The largest absolute Gasteiger partial charge is 0.450 e. The number of hydrogen-bond acceptors (Lipinski definition) is 5. The fourth-order valence-electron chi connectivity index (χ4n) is 2.55. The smallest absolute Gasteiger partial charge is 0.312 e. The van der Waals surface area contributed by atoms with Crippen molar-refractivity contribution in [3.05, 3.63) is 82.4 Å². The highest BCUT2D eigenvalue weighted by Crippen LogP contribution is 2.34. The molecule has 0 saturated carbocycles. The lowest BCUT2D eigenvalue weighted by Gasteiger charge is -2.09. The molecule has 138 valence electrons. The van der Waals surface area contributed by atoms with Crippen LogP contribution in [0.2, 0.25) is 0 Å². The van der Waals surface area contributed by atoms with Crippen LogP contribution in [-0.2, 0) is 9.84 Å². The minimum absolute atomic E-state index is 0.0181. The monoisotopic (exact) mass is 383 g/mol. The van der Waals surface area contributed by atoms with Gasteiger partial charge in [-0.05, 0) is 42.3 Å². The summed E-state index contributed by atoms with van der Waals surface area (Å²) in [5.74, 6) is 0.400. The van der Waals surface area contributed by atoms with Crippen LogP contribution in [-0.4, -0.2) is 19.6 Å². The molecule has 0 aliphatic carbocycles. The van der Waals surface area contributed by atoms with E-state index in [2.05, 4.69) is 0 Å². The lowest BCUT2D eigenvalue weighted by atomic mass is 10.0. The first-order chi connectivity index (χ1) is 12.7. The third-order valence-corrected chi connectivity index (χ3v) is 5.13. The summed E-state index contributed by atoms with van der Waals surface area (Å²) in [6.45, 7) is 2.02. The van der Waals surface area contributed by atoms with Crippen LogP contribution in [0.4, 0.5) is 5.69 Å². The maximum Gasteiger partial charge on any atom is 0.312 e. The molecule has 0 N–H and O–H groups in total. The van der Waals surface area contributed by atoms with Crippen molar-refractivity contribution in [3.8, 4) is 22.6 Å². The second-order valence-corrected chi connectivity index (χ2v) is 8.17. The van der Waals surface area contributed by atoms with Gasteiger partial charge in [0.15, 0.2) is 9.84 Å². The molecule has 0 bridgehead atoms. The van der Waals surface area contributed by atoms with Crippen molar-refractivity contribution in [2.75, 3.05) is 6.26 Å². The average molecular weight is 383 g/mol. The molecule has 0 heterocycles. The first-order valence-corrected chi connectivity index (χ1v) is 9.96. The molecule has 0 unspecified atom stereocenters. The van der Waals surface area contributed by atoms with Crippen LogP contribution in [0.25, 0.3) is 11.1 Å². The van der Waals surface area contributed by atoms with Gasteiger partial charge < -0.3 is 4.74 Å². The van der Waals surface area contributed by atoms with Gasteiger partial charge in [-0.2, -0.15) is 0 Å². The quantitative estimate of drug-likeness (QED) is 0.468. The number of sulfone groups is 1. The minimum atomic E-state index is -3.55. The number of nitro groups is 1. The summed E-state index contributed by atoms with van der Waals surface area (Å²) in [6, 6.07) is 18.8. The summed E-state index contributed by atoms with van der Waals surface area (Å²) in [6.07, 6.45) is 0.996. The third-order valence-electron chi connectivity index (χ3n) is 4.02. The Bertz CT molecular complexity index is 1090. The van der Waals surface area contributed by atoms with Crippen molar-refractivity contribution in [1.29, 1.82) is 0 Å². The molecule has 3 aromatic carbocycles. The molecule has 0 fully saturated rings. The Labute approximate surface area is 157 Å². The van der Waals surface area contributed by atoms with Crippen LogP contribution in [0, 0.1) is 17.0 Å². The molecular formula is C20H17NO5S. The summed E-state index contributed by atoms with van der Waals surface area (Å²) >= 11 is 0. The Balaban J connectivity index is 1.89. The second-order valence-electron chi connectivity index (χ2n) is 6.15. The molecule has 0 saturated heterocycles. The molecule has 0 aliphatic rings. The molecule has 0 radical (unpaired) electrons. The summed E-state index contributed by atoms with van der Waals surface area (Å²) in [5.41, 5.74) is 2.81. The van der Waals surface area contributed by atoms with Crippen molar-refractivity contribution in [2.24, 2.45) is 0 Å². The Morgan fingerprint density at radius 1 is 0.889 bits per heavy atom. The molecule has 0 aromatic heterocycles.